The van der Waals surface area contributed by atoms with Gasteiger partial charge < -0.3 is 14.8 Å². The monoisotopic (exact) mass is 179 g/mol. The van der Waals surface area contributed by atoms with E-state index in [0.717, 1.165) is 11.3 Å². The van der Waals surface area contributed by atoms with E-state index in [0.29, 0.717) is 13.1 Å². The molecule has 2 rings (SSSR count). The molecule has 0 radical (unpaired) electrons. The van der Waals surface area contributed by atoms with Gasteiger partial charge in [0, 0.05) is 13.1 Å². The minimum Gasteiger partial charge on any atom is -0.465 e. The number of furan rings is 1. The second-order valence-electron chi connectivity index (χ2n) is 3.48. The number of rotatable bonds is 2. The van der Waals surface area contributed by atoms with E-state index < -0.39 is 5.60 Å². The summed E-state index contributed by atoms with van der Waals surface area (Å²) in [6, 6.07) is 3.71. The number of hydrogen-bond acceptors (Lipinski definition) is 3. The lowest BCUT2D eigenvalue weighted by Crippen LogP contribution is -2.60. The molecule has 0 unspecified atom stereocenters. The van der Waals surface area contributed by atoms with Crippen LogP contribution < -0.4 is 5.32 Å². The van der Waals surface area contributed by atoms with Crippen LogP contribution in [0.5, 0.6) is 0 Å². The molecule has 13 heavy (non-hydrogen) atoms. The smallest absolute Gasteiger partial charge is 0.126 e. The highest BCUT2D eigenvalue weighted by Crippen LogP contribution is 2.23. The van der Waals surface area contributed by atoms with E-state index in [1.807, 2.05) is 25.1 Å². The molecule has 2 N–H and O–H groups in total. The first kappa shape index (κ1) is 8.53. The van der Waals surface area contributed by atoms with Crippen molar-refractivity contribution in [2.75, 3.05) is 13.1 Å². The van der Waals surface area contributed by atoms with Crippen molar-refractivity contribution < 1.29 is 9.52 Å². The summed E-state index contributed by atoms with van der Waals surface area (Å²) in [5.74, 6) is 0.790. The van der Waals surface area contributed by atoms with Gasteiger partial charge in [0.05, 0.1) is 6.26 Å². The molecule has 0 atom stereocenters. The highest BCUT2D eigenvalue weighted by atomic mass is 16.3. The zero-order valence-electron chi connectivity index (χ0n) is 7.58. The SMILES string of the molecule is C/C(=C/c1ccco1)C1(O)CNC1. The quantitative estimate of drug-likeness (QED) is 0.712. The molecule has 0 aliphatic carbocycles. The predicted octanol–water partition coefficient (Wildman–Crippen LogP) is 1.02. The van der Waals surface area contributed by atoms with Gasteiger partial charge in [-0.3, -0.25) is 0 Å². The third kappa shape index (κ3) is 1.53. The van der Waals surface area contributed by atoms with Gasteiger partial charge in [0.15, 0.2) is 0 Å². The van der Waals surface area contributed by atoms with Gasteiger partial charge in [-0.1, -0.05) is 0 Å². The van der Waals surface area contributed by atoms with Crippen LogP contribution in [-0.2, 0) is 0 Å². The Labute approximate surface area is 77.1 Å². The molecule has 0 aromatic carbocycles. The van der Waals surface area contributed by atoms with E-state index in [1.165, 1.54) is 0 Å². The highest BCUT2D eigenvalue weighted by molar-refractivity contribution is 5.50. The molecule has 1 aromatic heterocycles. The number of aliphatic hydroxyl groups is 1. The highest BCUT2D eigenvalue weighted by Gasteiger charge is 2.35. The summed E-state index contributed by atoms with van der Waals surface area (Å²) in [6.45, 7) is 3.19. The average molecular weight is 179 g/mol. The topological polar surface area (TPSA) is 45.4 Å². The molecule has 1 fully saturated rings. The lowest BCUT2D eigenvalue weighted by Gasteiger charge is -2.38. The van der Waals surface area contributed by atoms with E-state index >= 15 is 0 Å². The van der Waals surface area contributed by atoms with Gasteiger partial charge in [0.1, 0.15) is 11.4 Å². The summed E-state index contributed by atoms with van der Waals surface area (Å²) in [5.41, 5.74) is 0.286. The standard InChI is InChI=1S/C10H13NO2/c1-8(10(12)6-11-7-10)5-9-3-2-4-13-9/h2-5,11-12H,6-7H2,1H3/b8-5-. The Balaban J connectivity index is 2.16. The molecule has 2 heterocycles. The first-order chi connectivity index (χ1) is 6.21. The van der Waals surface area contributed by atoms with Gasteiger partial charge in [-0.25, -0.2) is 0 Å². The van der Waals surface area contributed by atoms with Crippen molar-refractivity contribution in [1.29, 1.82) is 0 Å². The molecular weight excluding hydrogens is 166 g/mol. The summed E-state index contributed by atoms with van der Waals surface area (Å²) in [7, 11) is 0. The Morgan fingerprint density at radius 1 is 1.69 bits per heavy atom. The van der Waals surface area contributed by atoms with Crippen LogP contribution >= 0.6 is 0 Å². The van der Waals surface area contributed by atoms with Crippen LogP contribution in [0.15, 0.2) is 28.4 Å². The molecule has 3 heteroatoms. The fourth-order valence-corrected chi connectivity index (χ4v) is 1.36. The maximum absolute atomic E-state index is 9.90. The molecular formula is C10H13NO2. The van der Waals surface area contributed by atoms with Gasteiger partial charge in [0.25, 0.3) is 0 Å². The van der Waals surface area contributed by atoms with E-state index in [4.69, 9.17) is 4.42 Å². The van der Waals surface area contributed by atoms with Crippen molar-refractivity contribution in [3.63, 3.8) is 0 Å². The van der Waals surface area contributed by atoms with Gasteiger partial charge in [-0.15, -0.1) is 0 Å². The third-order valence-corrected chi connectivity index (χ3v) is 2.47. The normalized spacial score (nSPS) is 21.2. The Bertz CT molecular complexity index is 310. The maximum Gasteiger partial charge on any atom is 0.126 e. The van der Waals surface area contributed by atoms with Gasteiger partial charge in [-0.05, 0) is 30.7 Å². The predicted molar refractivity (Wildman–Crippen MR) is 50.2 cm³/mol. The van der Waals surface area contributed by atoms with E-state index in [9.17, 15) is 5.11 Å². The largest absolute Gasteiger partial charge is 0.465 e. The first-order valence-electron chi connectivity index (χ1n) is 4.36. The van der Waals surface area contributed by atoms with Crippen LogP contribution in [0.4, 0.5) is 0 Å². The van der Waals surface area contributed by atoms with Crippen LogP contribution in [0.3, 0.4) is 0 Å². The summed E-state index contributed by atoms with van der Waals surface area (Å²) in [5, 5.41) is 12.9. The van der Waals surface area contributed by atoms with Gasteiger partial charge in [0.2, 0.25) is 0 Å². The van der Waals surface area contributed by atoms with Crippen molar-refractivity contribution in [3.8, 4) is 0 Å². The molecule has 0 saturated carbocycles. The second-order valence-corrected chi connectivity index (χ2v) is 3.48. The maximum atomic E-state index is 9.90. The van der Waals surface area contributed by atoms with E-state index in [2.05, 4.69) is 5.32 Å². The summed E-state index contributed by atoms with van der Waals surface area (Å²) in [6.07, 6.45) is 3.50. The molecule has 0 spiro atoms. The molecule has 0 bridgehead atoms. The summed E-state index contributed by atoms with van der Waals surface area (Å²) in [4.78, 5) is 0. The lowest BCUT2D eigenvalue weighted by molar-refractivity contribution is 0.0269. The van der Waals surface area contributed by atoms with E-state index in [1.54, 1.807) is 6.26 Å². The van der Waals surface area contributed by atoms with Crippen LogP contribution in [0.25, 0.3) is 6.08 Å². The third-order valence-electron chi connectivity index (χ3n) is 2.47. The Hall–Kier alpha value is -1.06. The van der Waals surface area contributed by atoms with Crippen molar-refractivity contribution >= 4 is 6.08 Å². The number of nitrogens with one attached hydrogen (secondary N) is 1. The lowest BCUT2D eigenvalue weighted by atomic mass is 9.88. The Morgan fingerprint density at radius 3 is 2.92 bits per heavy atom. The van der Waals surface area contributed by atoms with Crippen LogP contribution in [0.1, 0.15) is 12.7 Å². The first-order valence-corrected chi connectivity index (χ1v) is 4.36. The molecule has 1 aromatic rings. The zero-order valence-corrected chi connectivity index (χ0v) is 7.58. The van der Waals surface area contributed by atoms with Crippen molar-refractivity contribution in [2.45, 2.75) is 12.5 Å². The van der Waals surface area contributed by atoms with Crippen molar-refractivity contribution in [3.05, 3.63) is 29.7 Å². The van der Waals surface area contributed by atoms with Crippen LogP contribution in [0, 0.1) is 0 Å². The molecule has 1 aliphatic heterocycles. The number of β-amino-alcohol motifs (C(OH)–C–C–N with tert-alkyl or cyclic N) is 1. The Morgan fingerprint density at radius 2 is 2.46 bits per heavy atom. The molecule has 1 aliphatic rings. The minimum atomic E-state index is -0.660. The van der Waals surface area contributed by atoms with Gasteiger partial charge in [-0.2, -0.15) is 0 Å². The Kier molecular flexibility index (Phi) is 1.98. The average Bonchev–Trinajstić information content (AvgIpc) is 2.52. The van der Waals surface area contributed by atoms with Crippen molar-refractivity contribution in [1.82, 2.24) is 5.32 Å². The second kappa shape index (κ2) is 3.01. The summed E-state index contributed by atoms with van der Waals surface area (Å²) < 4.78 is 5.16. The zero-order chi connectivity index (χ0) is 9.31. The van der Waals surface area contributed by atoms with Crippen molar-refractivity contribution in [2.24, 2.45) is 0 Å². The summed E-state index contributed by atoms with van der Waals surface area (Å²) >= 11 is 0. The van der Waals surface area contributed by atoms with Gasteiger partial charge >= 0.3 is 0 Å². The fourth-order valence-electron chi connectivity index (χ4n) is 1.36. The molecule has 1 saturated heterocycles. The number of hydrogen-bond donors (Lipinski definition) is 2. The molecule has 0 amide bonds. The van der Waals surface area contributed by atoms with Crippen LogP contribution in [0.2, 0.25) is 0 Å². The molecule has 3 nitrogen and oxygen atoms in total. The molecule has 70 valence electrons. The minimum absolute atomic E-state index is 0.635. The van der Waals surface area contributed by atoms with Crippen LogP contribution in [-0.4, -0.2) is 23.8 Å². The van der Waals surface area contributed by atoms with E-state index in [-0.39, 0.29) is 0 Å². The fraction of sp³-hybridized carbons (Fsp3) is 0.400.